The van der Waals surface area contributed by atoms with E-state index in [2.05, 4.69) is 30.6 Å². The van der Waals surface area contributed by atoms with Crippen molar-refractivity contribution >= 4 is 0 Å². The van der Waals surface area contributed by atoms with Crippen LogP contribution in [0.4, 0.5) is 0 Å². The Kier molecular flexibility index (Phi) is 2.08. The average molecular weight is 203 g/mol. The van der Waals surface area contributed by atoms with Crippen LogP contribution >= 0.6 is 0 Å². The quantitative estimate of drug-likeness (QED) is 0.707. The Bertz CT molecular complexity index is 365. The SMILES string of the molecule is CCC1C2=C(CC3=CC=CNC31)OCC2. The van der Waals surface area contributed by atoms with Gasteiger partial charge in [-0.15, -0.1) is 0 Å². The molecule has 80 valence electrons. The van der Waals surface area contributed by atoms with E-state index in [1.54, 1.807) is 5.57 Å². The zero-order chi connectivity index (χ0) is 10.3. The Morgan fingerprint density at radius 3 is 3.33 bits per heavy atom. The van der Waals surface area contributed by atoms with E-state index in [1.165, 1.54) is 17.8 Å². The molecule has 3 rings (SSSR count). The maximum absolute atomic E-state index is 5.72. The highest BCUT2D eigenvalue weighted by molar-refractivity contribution is 5.37. The van der Waals surface area contributed by atoms with Crippen LogP contribution in [0.3, 0.4) is 0 Å². The Labute approximate surface area is 90.7 Å². The van der Waals surface area contributed by atoms with Gasteiger partial charge in [0.25, 0.3) is 0 Å². The van der Waals surface area contributed by atoms with Crippen LogP contribution in [0.2, 0.25) is 0 Å². The fraction of sp³-hybridized carbons (Fsp3) is 0.538. The normalized spacial score (nSPS) is 32.7. The van der Waals surface area contributed by atoms with Gasteiger partial charge in [-0.1, -0.05) is 13.0 Å². The molecule has 3 aliphatic rings. The van der Waals surface area contributed by atoms with Crippen LogP contribution in [0.1, 0.15) is 26.2 Å². The van der Waals surface area contributed by atoms with E-state index in [-0.39, 0.29) is 0 Å². The van der Waals surface area contributed by atoms with Crippen LogP contribution in [-0.2, 0) is 4.74 Å². The summed E-state index contributed by atoms with van der Waals surface area (Å²) in [7, 11) is 0. The fourth-order valence-corrected chi connectivity index (χ4v) is 3.03. The molecule has 2 nitrogen and oxygen atoms in total. The van der Waals surface area contributed by atoms with E-state index >= 15 is 0 Å². The van der Waals surface area contributed by atoms with E-state index in [1.807, 2.05) is 0 Å². The van der Waals surface area contributed by atoms with Gasteiger partial charge in [-0.05, 0) is 29.8 Å². The van der Waals surface area contributed by atoms with Crippen molar-refractivity contribution in [3.63, 3.8) is 0 Å². The molecule has 1 aliphatic carbocycles. The second kappa shape index (κ2) is 3.44. The van der Waals surface area contributed by atoms with Gasteiger partial charge in [0.2, 0.25) is 0 Å². The molecule has 15 heavy (non-hydrogen) atoms. The lowest BCUT2D eigenvalue weighted by molar-refractivity contribution is 0.234. The third-order valence-corrected chi connectivity index (χ3v) is 3.74. The highest BCUT2D eigenvalue weighted by Gasteiger charge is 2.36. The van der Waals surface area contributed by atoms with Gasteiger partial charge in [0.05, 0.1) is 18.4 Å². The fourth-order valence-electron chi connectivity index (χ4n) is 3.03. The van der Waals surface area contributed by atoms with Gasteiger partial charge in [0.15, 0.2) is 0 Å². The zero-order valence-corrected chi connectivity index (χ0v) is 9.12. The Hall–Kier alpha value is -1.18. The van der Waals surface area contributed by atoms with Crippen LogP contribution in [0, 0.1) is 5.92 Å². The Balaban J connectivity index is 1.99. The average Bonchev–Trinajstić information content (AvgIpc) is 2.73. The van der Waals surface area contributed by atoms with Crippen molar-refractivity contribution in [1.82, 2.24) is 5.32 Å². The van der Waals surface area contributed by atoms with Crippen molar-refractivity contribution in [2.75, 3.05) is 6.61 Å². The highest BCUT2D eigenvalue weighted by Crippen LogP contribution is 2.41. The van der Waals surface area contributed by atoms with Crippen LogP contribution in [0.25, 0.3) is 0 Å². The topological polar surface area (TPSA) is 21.3 Å². The third kappa shape index (κ3) is 1.31. The van der Waals surface area contributed by atoms with Crippen LogP contribution in [0.5, 0.6) is 0 Å². The van der Waals surface area contributed by atoms with E-state index in [0.717, 1.165) is 19.4 Å². The lowest BCUT2D eigenvalue weighted by atomic mass is 9.76. The minimum Gasteiger partial charge on any atom is -0.497 e. The Morgan fingerprint density at radius 2 is 2.47 bits per heavy atom. The molecular formula is C13H17NO. The number of dihydropyridines is 1. The predicted octanol–water partition coefficient (Wildman–Crippen LogP) is 2.50. The minimum atomic E-state index is 0.528. The summed E-state index contributed by atoms with van der Waals surface area (Å²) in [6, 6.07) is 0.528. The molecule has 0 saturated heterocycles. The largest absolute Gasteiger partial charge is 0.497 e. The van der Waals surface area contributed by atoms with Crippen molar-refractivity contribution in [2.24, 2.45) is 5.92 Å². The highest BCUT2D eigenvalue weighted by atomic mass is 16.5. The molecule has 0 aromatic carbocycles. The summed E-state index contributed by atoms with van der Waals surface area (Å²) in [5, 5.41) is 3.50. The van der Waals surface area contributed by atoms with Gasteiger partial charge in [0.1, 0.15) is 0 Å². The van der Waals surface area contributed by atoms with Crippen molar-refractivity contribution in [3.8, 4) is 0 Å². The first kappa shape index (κ1) is 9.08. The lowest BCUT2D eigenvalue weighted by Crippen LogP contribution is -2.39. The number of nitrogens with one attached hydrogen (secondary N) is 1. The van der Waals surface area contributed by atoms with E-state index in [9.17, 15) is 0 Å². The van der Waals surface area contributed by atoms with E-state index in [4.69, 9.17) is 4.74 Å². The van der Waals surface area contributed by atoms with Gasteiger partial charge < -0.3 is 10.1 Å². The molecule has 2 heteroatoms. The second-order valence-electron chi connectivity index (χ2n) is 4.48. The molecule has 0 aromatic heterocycles. The summed E-state index contributed by atoms with van der Waals surface area (Å²) in [4.78, 5) is 0. The molecule has 2 heterocycles. The summed E-state index contributed by atoms with van der Waals surface area (Å²) in [5.74, 6) is 1.91. The van der Waals surface area contributed by atoms with Gasteiger partial charge in [0, 0.05) is 18.8 Å². The molecule has 0 aromatic rings. The number of rotatable bonds is 1. The summed E-state index contributed by atoms with van der Waals surface area (Å²) in [6.07, 6.45) is 9.77. The summed E-state index contributed by atoms with van der Waals surface area (Å²) >= 11 is 0. The van der Waals surface area contributed by atoms with Crippen molar-refractivity contribution in [1.29, 1.82) is 0 Å². The predicted molar refractivity (Wildman–Crippen MR) is 60.1 cm³/mol. The smallest absolute Gasteiger partial charge is 0.0998 e. The zero-order valence-electron chi connectivity index (χ0n) is 9.12. The molecule has 0 fully saturated rings. The first-order valence-corrected chi connectivity index (χ1v) is 5.86. The lowest BCUT2D eigenvalue weighted by Gasteiger charge is -2.35. The summed E-state index contributed by atoms with van der Waals surface area (Å²) in [5.41, 5.74) is 3.06. The van der Waals surface area contributed by atoms with Crippen LogP contribution in [0.15, 0.2) is 35.3 Å². The molecule has 2 atom stereocenters. The molecule has 1 N–H and O–H groups in total. The summed E-state index contributed by atoms with van der Waals surface area (Å²) < 4.78 is 5.72. The van der Waals surface area contributed by atoms with Gasteiger partial charge in [-0.3, -0.25) is 0 Å². The van der Waals surface area contributed by atoms with Crippen molar-refractivity contribution < 1.29 is 4.74 Å². The molecule has 2 unspecified atom stereocenters. The van der Waals surface area contributed by atoms with Crippen LogP contribution in [-0.4, -0.2) is 12.6 Å². The number of hydrogen-bond acceptors (Lipinski definition) is 2. The monoisotopic (exact) mass is 203 g/mol. The van der Waals surface area contributed by atoms with Gasteiger partial charge in [-0.2, -0.15) is 0 Å². The van der Waals surface area contributed by atoms with Gasteiger partial charge >= 0.3 is 0 Å². The molecular weight excluding hydrogens is 186 g/mol. The Morgan fingerprint density at radius 1 is 1.53 bits per heavy atom. The standard InChI is InChI=1S/C13H17NO/c1-2-10-11-5-7-15-12(11)8-9-4-3-6-14-13(9)10/h3-4,6,10,13-14H,2,5,7-8H2,1H3. The van der Waals surface area contributed by atoms with Gasteiger partial charge in [-0.25, -0.2) is 0 Å². The van der Waals surface area contributed by atoms with Crippen molar-refractivity contribution in [2.45, 2.75) is 32.2 Å². The number of hydrogen-bond donors (Lipinski definition) is 1. The maximum Gasteiger partial charge on any atom is 0.0998 e. The first-order valence-electron chi connectivity index (χ1n) is 5.86. The second-order valence-corrected chi connectivity index (χ2v) is 4.48. The number of fused-ring (bicyclic) bond motifs is 1. The number of allylic oxidation sites excluding steroid dienone is 3. The van der Waals surface area contributed by atoms with E-state index < -0.39 is 0 Å². The molecule has 0 radical (unpaired) electrons. The maximum atomic E-state index is 5.72. The third-order valence-electron chi connectivity index (χ3n) is 3.74. The first-order chi connectivity index (χ1) is 7.40. The number of ether oxygens (including phenoxy) is 1. The molecule has 0 amide bonds. The molecule has 0 saturated carbocycles. The van der Waals surface area contributed by atoms with Crippen molar-refractivity contribution in [3.05, 3.63) is 35.3 Å². The van der Waals surface area contributed by atoms with Crippen LogP contribution < -0.4 is 5.32 Å². The molecule has 0 spiro atoms. The minimum absolute atomic E-state index is 0.528. The summed E-state index contributed by atoms with van der Waals surface area (Å²) in [6.45, 7) is 3.17. The molecule has 0 bridgehead atoms. The van der Waals surface area contributed by atoms with E-state index in [0.29, 0.717) is 12.0 Å². The molecule has 2 aliphatic heterocycles.